The van der Waals surface area contributed by atoms with E-state index >= 15 is 0 Å². The number of nitrogens with zero attached hydrogens (tertiary/aromatic N) is 2. The van der Waals surface area contributed by atoms with Gasteiger partial charge in [0, 0.05) is 37.7 Å². The minimum Gasteiger partial charge on any atom is -0.389 e. The molecule has 0 saturated heterocycles. The van der Waals surface area contributed by atoms with Crippen molar-refractivity contribution in [3.63, 3.8) is 0 Å². The van der Waals surface area contributed by atoms with Crippen LogP contribution >= 0.6 is 11.3 Å². The van der Waals surface area contributed by atoms with E-state index in [1.54, 1.807) is 18.4 Å². The molecule has 2 atom stereocenters. The Morgan fingerprint density at radius 2 is 2.56 bits per heavy atom. The smallest absolute Gasteiger partial charge is 0.193 e. The van der Waals surface area contributed by atoms with Crippen LogP contribution in [0.4, 0.5) is 0 Å². The predicted molar refractivity (Wildman–Crippen MR) is 71.0 cm³/mol. The Bertz CT molecular complexity index is 507. The topological polar surface area (TPSA) is 46.8 Å². The van der Waals surface area contributed by atoms with E-state index in [-0.39, 0.29) is 6.10 Å². The largest absolute Gasteiger partial charge is 0.389 e. The molecule has 2 aromatic rings. The summed E-state index contributed by atoms with van der Waals surface area (Å²) in [7, 11) is 1.73. The Morgan fingerprint density at radius 1 is 1.67 bits per heavy atom. The van der Waals surface area contributed by atoms with E-state index in [0.29, 0.717) is 12.8 Å². The molecule has 2 aromatic heterocycles. The number of imidazole rings is 1. The highest BCUT2D eigenvalue weighted by Crippen LogP contribution is 2.32. The number of rotatable bonds is 3. The third kappa shape index (κ3) is 2.30. The molecule has 0 spiro atoms. The lowest BCUT2D eigenvalue weighted by molar-refractivity contribution is -0.0585. The maximum atomic E-state index is 10.7. The second-order valence-corrected chi connectivity index (χ2v) is 6.05. The summed E-state index contributed by atoms with van der Waals surface area (Å²) in [5, 5.41) is 12.7. The van der Waals surface area contributed by atoms with E-state index < -0.39 is 5.60 Å². The third-order valence-corrected chi connectivity index (χ3v) is 4.53. The van der Waals surface area contributed by atoms with Gasteiger partial charge in [0.2, 0.25) is 0 Å². The second kappa shape index (κ2) is 4.64. The highest BCUT2D eigenvalue weighted by molar-refractivity contribution is 7.15. The van der Waals surface area contributed by atoms with Crippen molar-refractivity contribution < 1.29 is 9.84 Å². The zero-order chi connectivity index (χ0) is 12.6. The van der Waals surface area contributed by atoms with Crippen LogP contribution in [0.3, 0.4) is 0 Å². The first-order valence-corrected chi connectivity index (χ1v) is 7.23. The highest BCUT2D eigenvalue weighted by atomic mass is 32.1. The second-order valence-electron chi connectivity index (χ2n) is 5.18. The molecule has 2 heterocycles. The van der Waals surface area contributed by atoms with Crippen molar-refractivity contribution in [1.82, 2.24) is 9.38 Å². The van der Waals surface area contributed by atoms with Gasteiger partial charge in [-0.15, -0.1) is 11.3 Å². The van der Waals surface area contributed by atoms with Crippen molar-refractivity contribution in [1.29, 1.82) is 0 Å². The number of thiazole rings is 1. The zero-order valence-corrected chi connectivity index (χ0v) is 11.3. The molecule has 0 amide bonds. The van der Waals surface area contributed by atoms with Gasteiger partial charge in [0.05, 0.1) is 17.4 Å². The quantitative estimate of drug-likeness (QED) is 0.927. The number of hydrogen-bond acceptors (Lipinski definition) is 4. The Labute approximate surface area is 110 Å². The third-order valence-electron chi connectivity index (χ3n) is 3.76. The van der Waals surface area contributed by atoms with Gasteiger partial charge in [-0.2, -0.15) is 0 Å². The van der Waals surface area contributed by atoms with E-state index in [4.69, 9.17) is 4.74 Å². The summed E-state index contributed by atoms with van der Waals surface area (Å²) in [5.74, 6) is 0. The van der Waals surface area contributed by atoms with Gasteiger partial charge in [-0.05, 0) is 19.3 Å². The zero-order valence-electron chi connectivity index (χ0n) is 10.5. The summed E-state index contributed by atoms with van der Waals surface area (Å²) in [4.78, 5) is 5.54. The summed E-state index contributed by atoms with van der Waals surface area (Å²) in [5.41, 5.74) is 0.323. The molecule has 4 nitrogen and oxygen atoms in total. The summed E-state index contributed by atoms with van der Waals surface area (Å²) in [6.07, 6.45) is 8.47. The first-order chi connectivity index (χ1) is 8.68. The van der Waals surface area contributed by atoms with Crippen LogP contribution in [-0.4, -0.2) is 33.3 Å². The van der Waals surface area contributed by atoms with Crippen molar-refractivity contribution >= 4 is 16.3 Å². The summed E-state index contributed by atoms with van der Waals surface area (Å²) in [6, 6.07) is 0. The monoisotopic (exact) mass is 266 g/mol. The summed E-state index contributed by atoms with van der Waals surface area (Å²) >= 11 is 1.62. The maximum Gasteiger partial charge on any atom is 0.193 e. The van der Waals surface area contributed by atoms with Gasteiger partial charge in [-0.1, -0.05) is 0 Å². The average molecular weight is 266 g/mol. The Balaban J connectivity index is 1.76. The molecule has 18 heavy (non-hydrogen) atoms. The first kappa shape index (κ1) is 12.1. The molecule has 98 valence electrons. The predicted octanol–water partition coefficient (Wildman–Crippen LogP) is 2.26. The Kier molecular flexibility index (Phi) is 3.13. The van der Waals surface area contributed by atoms with Crippen LogP contribution in [0.1, 0.15) is 31.4 Å². The minimum absolute atomic E-state index is 0.187. The summed E-state index contributed by atoms with van der Waals surface area (Å²) in [6.45, 7) is 0. The molecular formula is C13H18N2O2S. The van der Waals surface area contributed by atoms with Crippen LogP contribution in [-0.2, 0) is 11.2 Å². The summed E-state index contributed by atoms with van der Waals surface area (Å²) < 4.78 is 7.40. The van der Waals surface area contributed by atoms with Gasteiger partial charge in [0.25, 0.3) is 0 Å². The van der Waals surface area contributed by atoms with Crippen LogP contribution in [0, 0.1) is 0 Å². The Morgan fingerprint density at radius 3 is 3.33 bits per heavy atom. The minimum atomic E-state index is -0.650. The molecule has 1 N–H and O–H groups in total. The van der Waals surface area contributed by atoms with Crippen LogP contribution in [0.2, 0.25) is 0 Å². The number of aliphatic hydroxyl groups is 1. The van der Waals surface area contributed by atoms with Crippen LogP contribution in [0.25, 0.3) is 4.96 Å². The van der Waals surface area contributed by atoms with E-state index in [1.165, 1.54) is 0 Å². The van der Waals surface area contributed by atoms with Crippen molar-refractivity contribution in [3.8, 4) is 0 Å². The highest BCUT2D eigenvalue weighted by Gasteiger charge is 2.35. The van der Waals surface area contributed by atoms with Crippen LogP contribution < -0.4 is 0 Å². The molecule has 1 aliphatic carbocycles. The molecule has 1 aliphatic rings. The van der Waals surface area contributed by atoms with Crippen molar-refractivity contribution in [2.45, 2.75) is 43.8 Å². The lowest BCUT2D eigenvalue weighted by Gasteiger charge is -2.35. The fraction of sp³-hybridized carbons (Fsp3) is 0.615. The van der Waals surface area contributed by atoms with Crippen LogP contribution in [0.5, 0.6) is 0 Å². The fourth-order valence-electron chi connectivity index (χ4n) is 2.85. The molecule has 1 saturated carbocycles. The first-order valence-electron chi connectivity index (χ1n) is 6.35. The molecule has 0 bridgehead atoms. The van der Waals surface area contributed by atoms with Gasteiger partial charge >= 0.3 is 0 Å². The fourth-order valence-corrected chi connectivity index (χ4v) is 3.57. The number of aromatic nitrogens is 2. The van der Waals surface area contributed by atoms with Crippen molar-refractivity contribution in [2.24, 2.45) is 0 Å². The number of hydrogen-bond donors (Lipinski definition) is 1. The molecule has 0 aliphatic heterocycles. The standard InChI is InChI=1S/C13H18N2O2S/c1-17-11-3-2-4-13(16,8-11)7-10-9-15-5-6-18-12(15)14-10/h5-6,9,11,16H,2-4,7-8H2,1H3. The molecule has 3 rings (SSSR count). The number of ether oxygens (including phenoxy) is 1. The van der Waals surface area contributed by atoms with Gasteiger partial charge in [0.1, 0.15) is 0 Å². The van der Waals surface area contributed by atoms with Gasteiger partial charge in [-0.25, -0.2) is 4.98 Å². The molecule has 0 radical (unpaired) electrons. The van der Waals surface area contributed by atoms with E-state index in [0.717, 1.165) is 29.9 Å². The molecule has 2 unspecified atom stereocenters. The van der Waals surface area contributed by atoms with Crippen LogP contribution in [0.15, 0.2) is 17.8 Å². The Hall–Kier alpha value is -0.910. The van der Waals surface area contributed by atoms with E-state index in [1.807, 2.05) is 22.2 Å². The lowest BCUT2D eigenvalue weighted by Crippen LogP contribution is -2.40. The van der Waals surface area contributed by atoms with E-state index in [9.17, 15) is 5.11 Å². The van der Waals surface area contributed by atoms with E-state index in [2.05, 4.69) is 4.98 Å². The maximum absolute atomic E-state index is 10.7. The van der Waals surface area contributed by atoms with Crippen molar-refractivity contribution in [2.75, 3.05) is 7.11 Å². The van der Waals surface area contributed by atoms with Gasteiger partial charge in [-0.3, -0.25) is 4.40 Å². The van der Waals surface area contributed by atoms with Gasteiger partial charge in [0.15, 0.2) is 4.96 Å². The lowest BCUT2D eigenvalue weighted by atomic mass is 9.80. The van der Waals surface area contributed by atoms with Crippen molar-refractivity contribution in [3.05, 3.63) is 23.5 Å². The normalized spacial score (nSPS) is 28.9. The SMILES string of the molecule is COC1CCCC(O)(Cc2cn3ccsc3n2)C1. The molecular weight excluding hydrogens is 248 g/mol. The average Bonchev–Trinajstić information content (AvgIpc) is 2.89. The van der Waals surface area contributed by atoms with Gasteiger partial charge < -0.3 is 9.84 Å². The number of methoxy groups -OCH3 is 1. The molecule has 5 heteroatoms. The molecule has 0 aromatic carbocycles. The number of fused-ring (bicyclic) bond motifs is 1. The molecule has 1 fully saturated rings.